The lowest BCUT2D eigenvalue weighted by Crippen LogP contribution is -2.21. The van der Waals surface area contributed by atoms with Gasteiger partial charge >= 0.3 is 12.0 Å². The van der Waals surface area contributed by atoms with Crippen molar-refractivity contribution in [2.75, 3.05) is 0 Å². The molecular weight excluding hydrogens is 368 g/mol. The van der Waals surface area contributed by atoms with Gasteiger partial charge in [0.15, 0.2) is 0 Å². The van der Waals surface area contributed by atoms with Crippen LogP contribution in [0.25, 0.3) is 5.57 Å². The van der Waals surface area contributed by atoms with Crippen LogP contribution in [0.4, 0.5) is 0 Å². The molecule has 0 atom stereocenters. The Bertz CT molecular complexity index is 1040. The highest BCUT2D eigenvalue weighted by Gasteiger charge is 2.36. The molecule has 0 radical (unpaired) electrons. The zero-order valence-electron chi connectivity index (χ0n) is 15.4. The van der Waals surface area contributed by atoms with E-state index in [2.05, 4.69) is 9.71 Å². The van der Waals surface area contributed by atoms with E-state index in [1.165, 1.54) is 12.1 Å². The summed E-state index contributed by atoms with van der Waals surface area (Å²) >= 11 is 0. The predicted octanol–water partition coefficient (Wildman–Crippen LogP) is 3.24. The molecule has 1 saturated heterocycles. The molecule has 1 aliphatic rings. The molecular formula is C19H20N2O5S. The van der Waals surface area contributed by atoms with Crippen LogP contribution in [0.15, 0.2) is 61.9 Å². The monoisotopic (exact) mass is 388 g/mol. The minimum Gasteiger partial charge on any atom is -0.462 e. The number of hydrogen-bond acceptors (Lipinski definition) is 5. The number of nitrogens with one attached hydrogen (secondary N) is 1. The molecule has 2 heterocycles. The van der Waals surface area contributed by atoms with Gasteiger partial charge < -0.3 is 14.5 Å². The fourth-order valence-electron chi connectivity index (χ4n) is 2.72. The molecule has 1 N–H and O–H groups in total. The van der Waals surface area contributed by atoms with Crippen LogP contribution in [0, 0.1) is 12.3 Å². The number of nitrogens with zero attached hydrogens (tertiary/aromatic N) is 1. The number of sulfonamides is 1. The van der Waals surface area contributed by atoms with Gasteiger partial charge in [-0.15, -0.1) is 4.40 Å². The lowest BCUT2D eigenvalue weighted by atomic mass is 9.83. The first-order valence-corrected chi connectivity index (χ1v) is 9.73. The molecule has 1 aliphatic heterocycles. The molecule has 27 heavy (non-hydrogen) atoms. The van der Waals surface area contributed by atoms with E-state index in [-0.39, 0.29) is 16.6 Å². The highest BCUT2D eigenvalue weighted by Crippen LogP contribution is 2.38. The Balaban J connectivity index is 2.04. The minimum absolute atomic E-state index is 0.00508. The summed E-state index contributed by atoms with van der Waals surface area (Å²) in [6.45, 7) is 7.54. The molecule has 0 bridgehead atoms. The van der Waals surface area contributed by atoms with Gasteiger partial charge in [-0.2, -0.15) is 8.42 Å². The molecule has 0 saturated carbocycles. The van der Waals surface area contributed by atoms with Crippen molar-refractivity contribution >= 4 is 27.6 Å². The average molecular weight is 388 g/mol. The molecule has 1 fully saturated rings. The van der Waals surface area contributed by atoms with Gasteiger partial charge in [0.25, 0.3) is 10.0 Å². The first-order valence-electron chi connectivity index (χ1n) is 8.29. The second-order valence-electron chi connectivity index (χ2n) is 7.11. The third-order valence-electron chi connectivity index (χ3n) is 3.86. The minimum atomic E-state index is -4.01. The van der Waals surface area contributed by atoms with Gasteiger partial charge in [-0.25, -0.2) is 4.79 Å². The molecule has 8 heteroatoms. The molecule has 7 nitrogen and oxygen atoms in total. The van der Waals surface area contributed by atoms with Crippen molar-refractivity contribution in [1.29, 1.82) is 0 Å². The number of furan rings is 1. The van der Waals surface area contributed by atoms with Gasteiger partial charge in [0.2, 0.25) is 0 Å². The fraction of sp³-hybridized carbons (Fsp3) is 0.263. The summed E-state index contributed by atoms with van der Waals surface area (Å²) in [5, 5.41) is 2.70. The van der Waals surface area contributed by atoms with Gasteiger partial charge in [-0.1, -0.05) is 39.0 Å². The predicted molar refractivity (Wildman–Crippen MR) is 100 cm³/mol. The van der Waals surface area contributed by atoms with E-state index in [1.807, 2.05) is 20.8 Å². The number of amidine groups is 1. The van der Waals surface area contributed by atoms with Crippen LogP contribution in [0.2, 0.25) is 0 Å². The van der Waals surface area contributed by atoms with Crippen molar-refractivity contribution in [1.82, 2.24) is 5.32 Å². The van der Waals surface area contributed by atoms with Crippen LogP contribution >= 0.6 is 0 Å². The largest absolute Gasteiger partial charge is 0.462 e. The molecule has 0 spiro atoms. The van der Waals surface area contributed by atoms with Crippen LogP contribution in [0.5, 0.6) is 0 Å². The maximum Gasteiger partial charge on any atom is 0.363 e. The zero-order valence-corrected chi connectivity index (χ0v) is 16.3. The van der Waals surface area contributed by atoms with Crippen molar-refractivity contribution in [3.63, 3.8) is 0 Å². The number of cyclic esters (lactones) is 1. The highest BCUT2D eigenvalue weighted by atomic mass is 32.2. The van der Waals surface area contributed by atoms with Gasteiger partial charge in [-0.05, 0) is 36.6 Å². The number of benzene rings is 1. The van der Waals surface area contributed by atoms with Crippen molar-refractivity contribution in [2.45, 2.75) is 32.6 Å². The van der Waals surface area contributed by atoms with E-state index in [1.54, 1.807) is 37.3 Å². The maximum atomic E-state index is 12.4. The first kappa shape index (κ1) is 18.9. The Morgan fingerprint density at radius 1 is 1.07 bits per heavy atom. The lowest BCUT2D eigenvalue weighted by Gasteiger charge is -2.22. The standard InChI is InChI=1S/C19H20N2O5S/c1-12-10-11-14(25-12)15(19(2,3)4)16-17(22)26-18(20-16)21-27(23,24)13-8-6-5-7-9-13/h5-11H,1-4H3,(H,20,21)/b16-15-. The Kier molecular flexibility index (Phi) is 4.69. The summed E-state index contributed by atoms with van der Waals surface area (Å²) < 4.78 is 39.1. The van der Waals surface area contributed by atoms with E-state index in [4.69, 9.17) is 9.15 Å². The third kappa shape index (κ3) is 3.95. The van der Waals surface area contributed by atoms with Gasteiger partial charge in [0.1, 0.15) is 17.2 Å². The van der Waals surface area contributed by atoms with Gasteiger partial charge in [0, 0.05) is 5.57 Å². The first-order chi connectivity index (χ1) is 12.6. The summed E-state index contributed by atoms with van der Waals surface area (Å²) in [4.78, 5) is 12.4. The third-order valence-corrected chi connectivity index (χ3v) is 5.13. The number of esters is 1. The molecule has 0 unspecified atom stereocenters. The topological polar surface area (TPSA) is 98.0 Å². The Morgan fingerprint density at radius 3 is 2.30 bits per heavy atom. The number of carbonyl (C=O) groups is 1. The van der Waals surface area contributed by atoms with Crippen LogP contribution in [-0.2, 0) is 19.6 Å². The van der Waals surface area contributed by atoms with Crippen LogP contribution < -0.4 is 5.32 Å². The second kappa shape index (κ2) is 6.70. The Morgan fingerprint density at radius 2 is 1.74 bits per heavy atom. The molecule has 142 valence electrons. The van der Waals surface area contributed by atoms with E-state index in [9.17, 15) is 13.2 Å². The van der Waals surface area contributed by atoms with Crippen molar-refractivity contribution in [2.24, 2.45) is 9.81 Å². The van der Waals surface area contributed by atoms with E-state index in [0.29, 0.717) is 17.1 Å². The summed E-state index contributed by atoms with van der Waals surface area (Å²) in [6, 6.07) is 10.9. The summed E-state index contributed by atoms with van der Waals surface area (Å²) in [7, 11) is -4.01. The van der Waals surface area contributed by atoms with E-state index >= 15 is 0 Å². The van der Waals surface area contributed by atoms with Gasteiger partial charge in [-0.3, -0.25) is 0 Å². The van der Waals surface area contributed by atoms with Crippen molar-refractivity contribution in [3.8, 4) is 0 Å². The smallest absolute Gasteiger partial charge is 0.363 e. The zero-order chi connectivity index (χ0) is 19.8. The highest BCUT2D eigenvalue weighted by molar-refractivity contribution is 7.90. The normalized spacial score (nSPS) is 18.4. The van der Waals surface area contributed by atoms with Gasteiger partial charge in [0.05, 0.1) is 4.90 Å². The number of rotatable bonds is 3. The molecule has 0 aliphatic carbocycles. The maximum absolute atomic E-state index is 12.4. The van der Waals surface area contributed by atoms with Crippen molar-refractivity contribution in [3.05, 3.63) is 59.7 Å². The average Bonchev–Trinajstić information content (AvgIpc) is 3.13. The number of carbonyl (C=O) groups excluding carboxylic acids is 1. The molecule has 3 rings (SSSR count). The van der Waals surface area contributed by atoms with E-state index in [0.717, 1.165) is 0 Å². The Labute approximate surface area is 157 Å². The van der Waals surface area contributed by atoms with Crippen LogP contribution in [-0.4, -0.2) is 20.4 Å². The van der Waals surface area contributed by atoms with Crippen LogP contribution in [0.3, 0.4) is 0 Å². The SMILES string of the molecule is Cc1ccc(/C(=C2/N/C(=N\S(=O)(=O)c3ccccc3)OC2=O)C(C)(C)C)o1. The number of aryl methyl sites for hydroxylation is 1. The summed E-state index contributed by atoms with van der Waals surface area (Å²) in [6.07, 6.45) is 0. The number of allylic oxidation sites excluding steroid dienone is 1. The summed E-state index contributed by atoms with van der Waals surface area (Å²) in [5.74, 6) is 0.488. The number of hydrogen-bond donors (Lipinski definition) is 1. The summed E-state index contributed by atoms with van der Waals surface area (Å²) in [5.41, 5.74) is 0.209. The Hall–Kier alpha value is -2.87. The molecule has 1 aromatic heterocycles. The second-order valence-corrected chi connectivity index (χ2v) is 8.71. The number of ether oxygens (including phenoxy) is 1. The molecule has 2 aromatic rings. The van der Waals surface area contributed by atoms with Crippen LogP contribution in [0.1, 0.15) is 32.3 Å². The van der Waals surface area contributed by atoms with Crippen molar-refractivity contribution < 1.29 is 22.4 Å². The fourth-order valence-corrected chi connectivity index (χ4v) is 3.63. The molecule has 1 aromatic carbocycles. The lowest BCUT2D eigenvalue weighted by molar-refractivity contribution is -0.129. The molecule has 0 amide bonds. The van der Waals surface area contributed by atoms with E-state index < -0.39 is 21.4 Å². The quantitative estimate of drug-likeness (QED) is 0.640.